The third kappa shape index (κ3) is 4.51. The van der Waals surface area contributed by atoms with E-state index in [1.165, 1.54) is 31.4 Å². The molecule has 0 heterocycles. The fourth-order valence-corrected chi connectivity index (χ4v) is 2.45. The van der Waals surface area contributed by atoms with Crippen LogP contribution in [0, 0.1) is 17.8 Å². The Bertz CT molecular complexity index is 314. The maximum Gasteiger partial charge on any atom is -0.00146 e. The van der Waals surface area contributed by atoms with E-state index in [0.29, 0.717) is 0 Å². The van der Waals surface area contributed by atoms with Crippen LogP contribution in [0.5, 0.6) is 0 Å². The minimum absolute atomic E-state index is 0.756. The molecular weight excluding hydrogens is 206 g/mol. The van der Waals surface area contributed by atoms with Gasteiger partial charge in [0.2, 0.25) is 0 Å². The highest BCUT2D eigenvalue weighted by molar-refractivity contribution is 5.15. The summed E-state index contributed by atoms with van der Waals surface area (Å²) < 4.78 is 0. The summed E-state index contributed by atoms with van der Waals surface area (Å²) in [5.74, 6) is 2.58. The Balaban J connectivity index is 1.81. The SMILES string of the molecule is CC(C)CNCC(Cc1ccccc1)C1CC1. The molecule has 0 amide bonds. The molecule has 1 aromatic carbocycles. The van der Waals surface area contributed by atoms with Gasteiger partial charge < -0.3 is 5.32 Å². The summed E-state index contributed by atoms with van der Waals surface area (Å²) >= 11 is 0. The van der Waals surface area contributed by atoms with Gasteiger partial charge in [-0.05, 0) is 55.7 Å². The first-order chi connectivity index (χ1) is 8.25. The molecule has 1 atom stereocenters. The predicted octanol–water partition coefficient (Wildman–Crippen LogP) is 3.50. The Morgan fingerprint density at radius 3 is 2.41 bits per heavy atom. The third-order valence-electron chi connectivity index (χ3n) is 3.59. The lowest BCUT2D eigenvalue weighted by Crippen LogP contribution is -2.28. The van der Waals surface area contributed by atoms with Crippen molar-refractivity contribution < 1.29 is 0 Å². The summed E-state index contributed by atoms with van der Waals surface area (Å²) in [7, 11) is 0. The van der Waals surface area contributed by atoms with E-state index in [1.807, 2.05) is 0 Å². The van der Waals surface area contributed by atoms with Crippen LogP contribution < -0.4 is 5.32 Å². The summed E-state index contributed by atoms with van der Waals surface area (Å²) in [5, 5.41) is 3.63. The molecule has 0 saturated heterocycles. The molecule has 1 fully saturated rings. The second-order valence-electron chi connectivity index (χ2n) is 5.84. The molecule has 1 aromatic rings. The number of benzene rings is 1. The lowest BCUT2D eigenvalue weighted by molar-refractivity contribution is 0.408. The van der Waals surface area contributed by atoms with Gasteiger partial charge in [-0.3, -0.25) is 0 Å². The molecule has 17 heavy (non-hydrogen) atoms. The van der Waals surface area contributed by atoms with Gasteiger partial charge in [0, 0.05) is 0 Å². The largest absolute Gasteiger partial charge is 0.316 e. The average molecular weight is 231 g/mol. The van der Waals surface area contributed by atoms with Crippen molar-refractivity contribution in [1.29, 1.82) is 0 Å². The Morgan fingerprint density at radius 1 is 1.12 bits per heavy atom. The summed E-state index contributed by atoms with van der Waals surface area (Å²) in [4.78, 5) is 0. The van der Waals surface area contributed by atoms with E-state index in [0.717, 1.165) is 24.3 Å². The fraction of sp³-hybridized carbons (Fsp3) is 0.625. The van der Waals surface area contributed by atoms with Crippen LogP contribution in [-0.2, 0) is 6.42 Å². The monoisotopic (exact) mass is 231 g/mol. The number of nitrogens with one attached hydrogen (secondary N) is 1. The Morgan fingerprint density at radius 2 is 1.82 bits per heavy atom. The molecule has 1 unspecified atom stereocenters. The molecule has 1 N–H and O–H groups in total. The van der Waals surface area contributed by atoms with Crippen LogP contribution >= 0.6 is 0 Å². The number of hydrogen-bond donors (Lipinski definition) is 1. The minimum Gasteiger partial charge on any atom is -0.316 e. The van der Waals surface area contributed by atoms with Crippen molar-refractivity contribution in [2.75, 3.05) is 13.1 Å². The van der Waals surface area contributed by atoms with Crippen LogP contribution in [-0.4, -0.2) is 13.1 Å². The van der Waals surface area contributed by atoms with E-state index < -0.39 is 0 Å². The molecule has 0 spiro atoms. The number of rotatable bonds is 7. The molecule has 2 rings (SSSR count). The Kier molecular flexibility index (Phi) is 4.61. The van der Waals surface area contributed by atoms with Gasteiger partial charge in [-0.15, -0.1) is 0 Å². The van der Waals surface area contributed by atoms with Crippen molar-refractivity contribution in [3.63, 3.8) is 0 Å². The quantitative estimate of drug-likeness (QED) is 0.757. The van der Waals surface area contributed by atoms with Crippen molar-refractivity contribution in [3.05, 3.63) is 35.9 Å². The van der Waals surface area contributed by atoms with Gasteiger partial charge in [0.15, 0.2) is 0 Å². The highest BCUT2D eigenvalue weighted by Gasteiger charge is 2.30. The zero-order valence-corrected chi connectivity index (χ0v) is 11.2. The van der Waals surface area contributed by atoms with Gasteiger partial charge >= 0.3 is 0 Å². The molecule has 0 aromatic heterocycles. The van der Waals surface area contributed by atoms with E-state index in [-0.39, 0.29) is 0 Å². The molecule has 0 bridgehead atoms. The topological polar surface area (TPSA) is 12.0 Å². The van der Waals surface area contributed by atoms with Gasteiger partial charge in [-0.25, -0.2) is 0 Å². The van der Waals surface area contributed by atoms with E-state index in [1.54, 1.807) is 0 Å². The van der Waals surface area contributed by atoms with Crippen molar-refractivity contribution >= 4 is 0 Å². The normalized spacial score (nSPS) is 17.4. The summed E-state index contributed by atoms with van der Waals surface area (Å²) in [6.45, 7) is 6.89. The first kappa shape index (κ1) is 12.6. The number of hydrogen-bond acceptors (Lipinski definition) is 1. The Labute approximate surface area is 106 Å². The molecule has 1 aliphatic rings. The highest BCUT2D eigenvalue weighted by atomic mass is 14.9. The lowest BCUT2D eigenvalue weighted by Gasteiger charge is -2.18. The predicted molar refractivity (Wildman–Crippen MR) is 74.1 cm³/mol. The maximum absolute atomic E-state index is 3.63. The van der Waals surface area contributed by atoms with Crippen LogP contribution in [0.2, 0.25) is 0 Å². The standard InChI is InChI=1S/C16H25N/c1-13(2)11-17-12-16(15-8-9-15)10-14-6-4-3-5-7-14/h3-7,13,15-17H,8-12H2,1-2H3. The summed E-state index contributed by atoms with van der Waals surface area (Å²) in [5.41, 5.74) is 1.50. The van der Waals surface area contributed by atoms with E-state index >= 15 is 0 Å². The van der Waals surface area contributed by atoms with Crippen LogP contribution in [0.15, 0.2) is 30.3 Å². The maximum atomic E-state index is 3.63. The fourth-order valence-electron chi connectivity index (χ4n) is 2.45. The zero-order valence-electron chi connectivity index (χ0n) is 11.2. The summed E-state index contributed by atoms with van der Waals surface area (Å²) in [6, 6.07) is 10.9. The second kappa shape index (κ2) is 6.20. The van der Waals surface area contributed by atoms with E-state index in [2.05, 4.69) is 49.5 Å². The van der Waals surface area contributed by atoms with Gasteiger partial charge in [0.05, 0.1) is 0 Å². The second-order valence-corrected chi connectivity index (χ2v) is 5.84. The van der Waals surface area contributed by atoms with Crippen molar-refractivity contribution in [2.45, 2.75) is 33.1 Å². The van der Waals surface area contributed by atoms with E-state index in [9.17, 15) is 0 Å². The van der Waals surface area contributed by atoms with Crippen LogP contribution in [0.4, 0.5) is 0 Å². The average Bonchev–Trinajstić information content (AvgIpc) is 3.12. The Hall–Kier alpha value is -0.820. The molecule has 94 valence electrons. The van der Waals surface area contributed by atoms with Crippen molar-refractivity contribution in [2.24, 2.45) is 17.8 Å². The minimum atomic E-state index is 0.756. The molecule has 0 aliphatic heterocycles. The third-order valence-corrected chi connectivity index (χ3v) is 3.59. The van der Waals surface area contributed by atoms with Crippen LogP contribution in [0.25, 0.3) is 0 Å². The lowest BCUT2D eigenvalue weighted by atomic mass is 9.94. The van der Waals surface area contributed by atoms with Crippen molar-refractivity contribution in [1.82, 2.24) is 5.32 Å². The highest BCUT2D eigenvalue weighted by Crippen LogP contribution is 2.38. The smallest absolute Gasteiger partial charge is 0.00146 e. The first-order valence-corrected chi connectivity index (χ1v) is 7.00. The zero-order chi connectivity index (χ0) is 12.1. The molecule has 1 heteroatoms. The van der Waals surface area contributed by atoms with Crippen LogP contribution in [0.3, 0.4) is 0 Å². The van der Waals surface area contributed by atoms with Crippen LogP contribution in [0.1, 0.15) is 32.3 Å². The van der Waals surface area contributed by atoms with Gasteiger partial charge in [0.1, 0.15) is 0 Å². The molecule has 1 nitrogen and oxygen atoms in total. The molecule has 1 aliphatic carbocycles. The molecular formula is C16H25N. The van der Waals surface area contributed by atoms with Gasteiger partial charge in [-0.2, -0.15) is 0 Å². The first-order valence-electron chi connectivity index (χ1n) is 7.00. The van der Waals surface area contributed by atoms with Gasteiger partial charge in [0.25, 0.3) is 0 Å². The van der Waals surface area contributed by atoms with Crippen molar-refractivity contribution in [3.8, 4) is 0 Å². The van der Waals surface area contributed by atoms with E-state index in [4.69, 9.17) is 0 Å². The molecule has 0 radical (unpaired) electrons. The molecule has 1 saturated carbocycles. The van der Waals surface area contributed by atoms with Gasteiger partial charge in [-0.1, -0.05) is 44.2 Å². The summed E-state index contributed by atoms with van der Waals surface area (Å²) in [6.07, 6.45) is 4.14.